The molecule has 2 aromatic carbocycles. The molecule has 1 fully saturated rings. The van der Waals surface area contributed by atoms with Gasteiger partial charge >= 0.3 is 6.01 Å². The summed E-state index contributed by atoms with van der Waals surface area (Å²) in [5.74, 6) is -1.03. The van der Waals surface area contributed by atoms with Crippen molar-refractivity contribution >= 4 is 17.6 Å². The maximum absolute atomic E-state index is 13.7. The summed E-state index contributed by atoms with van der Waals surface area (Å²) in [5, 5.41) is 9.92. The number of benzene rings is 2. The van der Waals surface area contributed by atoms with Crippen molar-refractivity contribution in [3.8, 4) is 11.4 Å². The zero-order chi connectivity index (χ0) is 25.2. The number of hydrogen-bond acceptors (Lipinski definition) is 7. The Morgan fingerprint density at radius 1 is 1.06 bits per heavy atom. The van der Waals surface area contributed by atoms with E-state index >= 15 is 0 Å². The first-order valence-electron chi connectivity index (χ1n) is 12.0. The minimum atomic E-state index is -0.676. The number of amides is 1. The Bertz CT molecular complexity index is 1260. The van der Waals surface area contributed by atoms with E-state index in [4.69, 9.17) is 4.52 Å². The van der Waals surface area contributed by atoms with Crippen LogP contribution in [0.25, 0.3) is 11.4 Å². The molecular weight excluding hydrogens is 466 g/mol. The van der Waals surface area contributed by atoms with Crippen LogP contribution in [0, 0.1) is 11.6 Å². The molecule has 0 saturated carbocycles. The smallest absolute Gasteiger partial charge is 0.324 e. The highest BCUT2D eigenvalue weighted by Gasteiger charge is 2.25. The number of hydrazone groups is 1. The fourth-order valence-electron chi connectivity index (χ4n) is 4.65. The van der Waals surface area contributed by atoms with Crippen molar-refractivity contribution in [1.82, 2.24) is 20.0 Å². The lowest BCUT2D eigenvalue weighted by Gasteiger charge is -2.33. The monoisotopic (exact) mass is 494 g/mol. The summed E-state index contributed by atoms with van der Waals surface area (Å²) >= 11 is 0. The molecule has 2 aliphatic rings. The molecule has 0 unspecified atom stereocenters. The number of likely N-dealkylation sites (tertiary alicyclic amines) is 1. The second-order valence-electron chi connectivity index (χ2n) is 9.40. The van der Waals surface area contributed by atoms with Crippen molar-refractivity contribution in [2.24, 2.45) is 5.10 Å². The highest BCUT2D eigenvalue weighted by molar-refractivity contribution is 6.04. The lowest BCUT2D eigenvalue weighted by Crippen LogP contribution is -2.42. The van der Waals surface area contributed by atoms with E-state index < -0.39 is 11.6 Å². The van der Waals surface area contributed by atoms with Gasteiger partial charge in [-0.2, -0.15) is 10.1 Å². The third-order valence-electron chi connectivity index (χ3n) is 6.77. The molecular formula is C26H28F2N6O2. The minimum absolute atomic E-state index is 0.150. The number of carbonyl (C=O) groups excluding carboxylic acids is 1. The molecule has 2 aliphatic heterocycles. The summed E-state index contributed by atoms with van der Waals surface area (Å²) in [6, 6.07) is 11.6. The average molecular weight is 495 g/mol. The second-order valence-corrected chi connectivity index (χ2v) is 9.40. The number of rotatable bonds is 6. The third kappa shape index (κ3) is 5.28. The highest BCUT2D eigenvalue weighted by Crippen LogP contribution is 2.25. The van der Waals surface area contributed by atoms with E-state index in [9.17, 15) is 13.6 Å². The van der Waals surface area contributed by atoms with Crippen molar-refractivity contribution in [3.05, 3.63) is 65.2 Å². The van der Waals surface area contributed by atoms with Crippen LogP contribution in [0.5, 0.6) is 0 Å². The zero-order valence-corrected chi connectivity index (χ0v) is 20.3. The molecule has 3 aromatic rings. The van der Waals surface area contributed by atoms with E-state index in [-0.39, 0.29) is 18.9 Å². The molecule has 8 nitrogen and oxygen atoms in total. The van der Waals surface area contributed by atoms with Gasteiger partial charge in [0, 0.05) is 43.1 Å². The van der Waals surface area contributed by atoms with Crippen LogP contribution in [-0.2, 0) is 11.3 Å². The van der Waals surface area contributed by atoms with Crippen LogP contribution in [-0.4, -0.2) is 64.9 Å². The summed E-state index contributed by atoms with van der Waals surface area (Å²) in [4.78, 5) is 21.5. The molecule has 10 heteroatoms. The van der Waals surface area contributed by atoms with Gasteiger partial charge in [-0.05, 0) is 56.7 Å². The van der Waals surface area contributed by atoms with Gasteiger partial charge in [0.1, 0.15) is 11.6 Å². The largest absolute Gasteiger partial charge is 0.324 e. The molecule has 1 aromatic heterocycles. The van der Waals surface area contributed by atoms with Crippen molar-refractivity contribution in [2.75, 3.05) is 32.1 Å². The molecule has 0 atom stereocenters. The summed E-state index contributed by atoms with van der Waals surface area (Å²) in [7, 11) is 4.10. The molecule has 1 amide bonds. The molecule has 3 heterocycles. The Balaban J connectivity index is 1.32. The first-order valence-corrected chi connectivity index (χ1v) is 12.0. The van der Waals surface area contributed by atoms with Gasteiger partial charge in [0.15, 0.2) is 0 Å². The van der Waals surface area contributed by atoms with Crippen LogP contribution in [0.2, 0.25) is 0 Å². The van der Waals surface area contributed by atoms with Crippen molar-refractivity contribution in [1.29, 1.82) is 0 Å². The molecule has 0 N–H and O–H groups in total. The van der Waals surface area contributed by atoms with Gasteiger partial charge in [0.25, 0.3) is 0 Å². The maximum Gasteiger partial charge on any atom is 0.324 e. The van der Waals surface area contributed by atoms with Crippen LogP contribution >= 0.6 is 0 Å². The van der Waals surface area contributed by atoms with E-state index in [1.54, 1.807) is 0 Å². The number of anilines is 1. The van der Waals surface area contributed by atoms with Gasteiger partial charge in [-0.1, -0.05) is 23.4 Å². The quantitative estimate of drug-likeness (QED) is 0.514. The van der Waals surface area contributed by atoms with Crippen LogP contribution in [0.3, 0.4) is 0 Å². The lowest BCUT2D eigenvalue weighted by atomic mass is 10.0. The molecule has 5 rings (SSSR count). The van der Waals surface area contributed by atoms with Gasteiger partial charge in [0.2, 0.25) is 11.7 Å². The van der Waals surface area contributed by atoms with Crippen molar-refractivity contribution in [2.45, 2.75) is 38.3 Å². The van der Waals surface area contributed by atoms with Crippen molar-refractivity contribution < 1.29 is 18.1 Å². The van der Waals surface area contributed by atoms with Crippen LogP contribution in [0.1, 0.15) is 36.8 Å². The average Bonchev–Trinajstić information content (AvgIpc) is 3.35. The van der Waals surface area contributed by atoms with Gasteiger partial charge in [-0.3, -0.25) is 4.79 Å². The minimum Gasteiger partial charge on any atom is -0.324 e. The maximum atomic E-state index is 13.7. The van der Waals surface area contributed by atoms with E-state index in [0.717, 1.165) is 43.1 Å². The third-order valence-corrected chi connectivity index (χ3v) is 6.77. The van der Waals surface area contributed by atoms with E-state index in [2.05, 4.69) is 27.2 Å². The predicted molar refractivity (Wildman–Crippen MR) is 131 cm³/mol. The van der Waals surface area contributed by atoms with Gasteiger partial charge in [-0.15, -0.1) is 0 Å². The lowest BCUT2D eigenvalue weighted by molar-refractivity contribution is -0.132. The van der Waals surface area contributed by atoms with Crippen LogP contribution in [0.15, 0.2) is 52.1 Å². The zero-order valence-electron chi connectivity index (χ0n) is 20.3. The van der Waals surface area contributed by atoms with Crippen molar-refractivity contribution in [3.63, 3.8) is 0 Å². The molecule has 0 radical (unpaired) electrons. The molecule has 188 valence electrons. The number of piperidine rings is 1. The standard InChI is InChI=1S/C26H28F2N6O2/c1-32-10-8-22(9-11-32)33(2)26-29-25(31-36-26)18-5-3-4-17(12-18)16-34-24(35)7-6-23(30-34)19-13-20(27)15-21(28)14-19/h3-5,12-15,22H,6-11,16H2,1-2H3. The number of halogens is 2. The highest BCUT2D eigenvalue weighted by atomic mass is 19.1. The Morgan fingerprint density at radius 3 is 2.56 bits per heavy atom. The molecule has 0 bridgehead atoms. The summed E-state index contributed by atoms with van der Waals surface area (Å²) in [6.07, 6.45) is 2.62. The predicted octanol–water partition coefficient (Wildman–Crippen LogP) is 4.07. The Morgan fingerprint density at radius 2 is 1.81 bits per heavy atom. The number of aromatic nitrogens is 2. The van der Waals surface area contributed by atoms with Gasteiger partial charge in [0.05, 0.1) is 12.3 Å². The van der Waals surface area contributed by atoms with Gasteiger partial charge < -0.3 is 14.3 Å². The normalized spacial score (nSPS) is 17.4. The number of nitrogens with zero attached hydrogens (tertiary/aromatic N) is 6. The summed E-state index contributed by atoms with van der Waals surface area (Å²) in [5.41, 5.74) is 2.40. The molecule has 0 aliphatic carbocycles. The first kappa shape index (κ1) is 24.1. The first-order chi connectivity index (χ1) is 17.4. The van der Waals surface area contributed by atoms with Gasteiger partial charge in [-0.25, -0.2) is 13.8 Å². The van der Waals surface area contributed by atoms with Crippen LogP contribution < -0.4 is 4.90 Å². The SMILES string of the molecule is CN1CCC(N(C)c2nc(-c3cccc(CN4N=C(c5cc(F)cc(F)c5)CCC4=O)c3)no2)CC1. The number of hydrogen-bond donors (Lipinski definition) is 0. The molecule has 0 spiro atoms. The molecule has 1 saturated heterocycles. The van der Waals surface area contributed by atoms with E-state index in [0.29, 0.717) is 35.6 Å². The summed E-state index contributed by atoms with van der Waals surface area (Å²) in [6.45, 7) is 2.28. The fourth-order valence-corrected chi connectivity index (χ4v) is 4.65. The Hall–Kier alpha value is -3.66. The number of carbonyl (C=O) groups is 1. The topological polar surface area (TPSA) is 78.1 Å². The van der Waals surface area contributed by atoms with Crippen LogP contribution in [0.4, 0.5) is 14.8 Å². The van der Waals surface area contributed by atoms with E-state index in [1.807, 2.05) is 36.2 Å². The van der Waals surface area contributed by atoms with E-state index in [1.165, 1.54) is 17.1 Å². The Kier molecular flexibility index (Phi) is 6.77. The summed E-state index contributed by atoms with van der Waals surface area (Å²) < 4.78 is 32.9. The molecule has 36 heavy (non-hydrogen) atoms. The fraction of sp³-hybridized carbons (Fsp3) is 0.385. The second kappa shape index (κ2) is 10.1. The Labute approximate surface area is 208 Å².